The van der Waals surface area contributed by atoms with Gasteiger partial charge in [0.25, 0.3) is 11.8 Å². The van der Waals surface area contributed by atoms with Crippen LogP contribution in [0.5, 0.6) is 5.75 Å². The standard InChI is InChI=1S/C14H11N3O3/c18-12-8-20-11-3-1-2-10(13(11)17-12)16-14(19)9-4-6-15-7-5-9/h1-7H,8H2,(H,16,19)(H,17,18). The molecule has 6 heteroatoms. The highest BCUT2D eigenvalue weighted by atomic mass is 16.5. The molecule has 1 aromatic heterocycles. The van der Waals surface area contributed by atoms with Gasteiger partial charge in [-0.05, 0) is 24.3 Å². The van der Waals surface area contributed by atoms with E-state index in [4.69, 9.17) is 4.74 Å². The fourth-order valence-corrected chi connectivity index (χ4v) is 1.90. The first-order valence-electron chi connectivity index (χ1n) is 6.01. The molecule has 1 aliphatic heterocycles. The molecule has 2 amide bonds. The summed E-state index contributed by atoms with van der Waals surface area (Å²) in [4.78, 5) is 27.3. The average Bonchev–Trinajstić information content (AvgIpc) is 2.49. The maximum absolute atomic E-state index is 12.1. The van der Waals surface area contributed by atoms with Gasteiger partial charge in [0.05, 0.1) is 5.69 Å². The van der Waals surface area contributed by atoms with Crippen LogP contribution in [-0.2, 0) is 4.79 Å². The van der Waals surface area contributed by atoms with Crippen molar-refractivity contribution in [3.63, 3.8) is 0 Å². The van der Waals surface area contributed by atoms with Crippen molar-refractivity contribution < 1.29 is 14.3 Å². The molecule has 0 atom stereocenters. The lowest BCUT2D eigenvalue weighted by Crippen LogP contribution is -2.26. The van der Waals surface area contributed by atoms with Crippen LogP contribution in [0.25, 0.3) is 0 Å². The van der Waals surface area contributed by atoms with Crippen molar-refractivity contribution in [3.8, 4) is 5.75 Å². The third-order valence-electron chi connectivity index (χ3n) is 2.84. The largest absolute Gasteiger partial charge is 0.481 e. The van der Waals surface area contributed by atoms with Gasteiger partial charge in [-0.15, -0.1) is 0 Å². The Morgan fingerprint density at radius 3 is 2.85 bits per heavy atom. The van der Waals surface area contributed by atoms with Crippen molar-refractivity contribution in [2.75, 3.05) is 17.2 Å². The number of nitrogens with one attached hydrogen (secondary N) is 2. The zero-order chi connectivity index (χ0) is 13.9. The van der Waals surface area contributed by atoms with E-state index in [1.165, 1.54) is 0 Å². The Kier molecular flexibility index (Phi) is 3.04. The van der Waals surface area contributed by atoms with Crippen LogP contribution in [0.1, 0.15) is 10.4 Å². The Bertz CT molecular complexity index is 671. The van der Waals surface area contributed by atoms with E-state index in [1.807, 2.05) is 0 Å². The summed E-state index contributed by atoms with van der Waals surface area (Å²) >= 11 is 0. The molecule has 1 aliphatic rings. The number of benzene rings is 1. The monoisotopic (exact) mass is 269 g/mol. The van der Waals surface area contributed by atoms with Crippen LogP contribution >= 0.6 is 0 Å². The van der Waals surface area contributed by atoms with Crippen molar-refractivity contribution in [3.05, 3.63) is 48.3 Å². The molecule has 2 heterocycles. The summed E-state index contributed by atoms with van der Waals surface area (Å²) in [5.41, 5.74) is 1.46. The molecule has 0 saturated heterocycles. The number of aromatic nitrogens is 1. The smallest absolute Gasteiger partial charge is 0.262 e. The summed E-state index contributed by atoms with van der Waals surface area (Å²) in [7, 11) is 0. The molecule has 2 aromatic rings. The number of ether oxygens (including phenoxy) is 1. The summed E-state index contributed by atoms with van der Waals surface area (Å²) in [6, 6.07) is 8.40. The molecule has 0 bridgehead atoms. The van der Waals surface area contributed by atoms with Crippen LogP contribution in [0, 0.1) is 0 Å². The maximum atomic E-state index is 12.1. The van der Waals surface area contributed by atoms with Crippen LogP contribution in [0.2, 0.25) is 0 Å². The SMILES string of the molecule is O=C1COc2cccc(NC(=O)c3ccncc3)c2N1. The van der Waals surface area contributed by atoms with E-state index in [0.717, 1.165) is 0 Å². The number of amides is 2. The van der Waals surface area contributed by atoms with Gasteiger partial charge in [0, 0.05) is 18.0 Å². The summed E-state index contributed by atoms with van der Waals surface area (Å²) < 4.78 is 5.29. The van der Waals surface area contributed by atoms with Crippen LogP contribution in [0.4, 0.5) is 11.4 Å². The van der Waals surface area contributed by atoms with E-state index in [-0.39, 0.29) is 18.4 Å². The predicted molar refractivity (Wildman–Crippen MR) is 72.8 cm³/mol. The number of anilines is 2. The van der Waals surface area contributed by atoms with Gasteiger partial charge in [-0.3, -0.25) is 14.6 Å². The molecule has 0 fully saturated rings. The molecule has 0 spiro atoms. The van der Waals surface area contributed by atoms with Crippen molar-refractivity contribution >= 4 is 23.2 Å². The molecule has 3 rings (SSSR count). The molecule has 0 unspecified atom stereocenters. The van der Waals surface area contributed by atoms with Gasteiger partial charge < -0.3 is 15.4 Å². The Labute approximate surface area is 114 Å². The second kappa shape index (κ2) is 5.00. The van der Waals surface area contributed by atoms with E-state index in [0.29, 0.717) is 22.7 Å². The van der Waals surface area contributed by atoms with Crippen molar-refractivity contribution in [2.24, 2.45) is 0 Å². The molecule has 0 radical (unpaired) electrons. The van der Waals surface area contributed by atoms with Gasteiger partial charge in [0.15, 0.2) is 6.61 Å². The second-order valence-corrected chi connectivity index (χ2v) is 4.21. The lowest BCUT2D eigenvalue weighted by Gasteiger charge is -2.20. The molecule has 1 aromatic carbocycles. The zero-order valence-corrected chi connectivity index (χ0v) is 10.4. The molecule has 0 aliphatic carbocycles. The zero-order valence-electron chi connectivity index (χ0n) is 10.4. The topological polar surface area (TPSA) is 80.3 Å². The third-order valence-corrected chi connectivity index (χ3v) is 2.84. The Hall–Kier alpha value is -2.89. The Morgan fingerprint density at radius 1 is 1.25 bits per heavy atom. The quantitative estimate of drug-likeness (QED) is 0.869. The number of pyridine rings is 1. The number of carbonyl (C=O) groups is 2. The van der Waals surface area contributed by atoms with Crippen LogP contribution in [0.15, 0.2) is 42.7 Å². The van der Waals surface area contributed by atoms with Crippen molar-refractivity contribution in [1.82, 2.24) is 4.98 Å². The normalized spacial score (nSPS) is 12.9. The van der Waals surface area contributed by atoms with Crippen molar-refractivity contribution in [2.45, 2.75) is 0 Å². The number of para-hydroxylation sites is 1. The predicted octanol–water partition coefficient (Wildman–Crippen LogP) is 1.66. The first-order chi connectivity index (χ1) is 9.74. The number of fused-ring (bicyclic) bond motifs is 1. The van der Waals surface area contributed by atoms with Crippen LogP contribution in [0.3, 0.4) is 0 Å². The van der Waals surface area contributed by atoms with Crippen molar-refractivity contribution in [1.29, 1.82) is 0 Å². The van der Waals surface area contributed by atoms with E-state index < -0.39 is 0 Å². The number of carbonyl (C=O) groups excluding carboxylic acids is 2. The Balaban J connectivity index is 1.88. The number of nitrogens with zero attached hydrogens (tertiary/aromatic N) is 1. The number of hydrogen-bond acceptors (Lipinski definition) is 4. The lowest BCUT2D eigenvalue weighted by atomic mass is 10.2. The molecule has 0 saturated carbocycles. The fourth-order valence-electron chi connectivity index (χ4n) is 1.90. The first-order valence-corrected chi connectivity index (χ1v) is 6.01. The second-order valence-electron chi connectivity index (χ2n) is 4.21. The van der Waals surface area contributed by atoms with E-state index in [2.05, 4.69) is 15.6 Å². The molecule has 2 N–H and O–H groups in total. The number of rotatable bonds is 2. The first kappa shape index (κ1) is 12.2. The van der Waals surface area contributed by atoms with Gasteiger partial charge in [-0.1, -0.05) is 6.07 Å². The molecule has 100 valence electrons. The van der Waals surface area contributed by atoms with E-state index in [1.54, 1.807) is 42.7 Å². The highest BCUT2D eigenvalue weighted by Gasteiger charge is 2.20. The highest BCUT2D eigenvalue weighted by Crippen LogP contribution is 2.34. The summed E-state index contributed by atoms with van der Waals surface area (Å²) in [6.07, 6.45) is 3.08. The Morgan fingerprint density at radius 2 is 2.05 bits per heavy atom. The molecule has 20 heavy (non-hydrogen) atoms. The minimum Gasteiger partial charge on any atom is -0.481 e. The lowest BCUT2D eigenvalue weighted by molar-refractivity contribution is -0.118. The minimum atomic E-state index is -0.277. The molecular weight excluding hydrogens is 258 g/mol. The molecular formula is C14H11N3O3. The molecule has 6 nitrogen and oxygen atoms in total. The highest BCUT2D eigenvalue weighted by molar-refractivity contribution is 6.08. The van der Waals surface area contributed by atoms with Gasteiger partial charge in [0.2, 0.25) is 0 Å². The summed E-state index contributed by atoms with van der Waals surface area (Å²) in [6.45, 7) is -0.0191. The minimum absolute atomic E-state index is 0.0191. The number of hydrogen-bond donors (Lipinski definition) is 2. The van der Waals surface area contributed by atoms with Crippen LogP contribution in [-0.4, -0.2) is 23.4 Å². The average molecular weight is 269 g/mol. The van der Waals surface area contributed by atoms with E-state index in [9.17, 15) is 9.59 Å². The van der Waals surface area contributed by atoms with Gasteiger partial charge in [-0.25, -0.2) is 0 Å². The fraction of sp³-hybridized carbons (Fsp3) is 0.0714. The van der Waals surface area contributed by atoms with Gasteiger partial charge in [0.1, 0.15) is 11.4 Å². The van der Waals surface area contributed by atoms with Crippen LogP contribution < -0.4 is 15.4 Å². The van der Waals surface area contributed by atoms with Gasteiger partial charge in [-0.2, -0.15) is 0 Å². The van der Waals surface area contributed by atoms with E-state index >= 15 is 0 Å². The maximum Gasteiger partial charge on any atom is 0.262 e. The third kappa shape index (κ3) is 2.31. The summed E-state index contributed by atoms with van der Waals surface area (Å²) in [5, 5.41) is 5.44. The summed E-state index contributed by atoms with van der Waals surface area (Å²) in [5.74, 6) is 0.0147. The van der Waals surface area contributed by atoms with Gasteiger partial charge >= 0.3 is 0 Å².